The van der Waals surface area contributed by atoms with Gasteiger partial charge in [0.25, 0.3) is 0 Å². The van der Waals surface area contributed by atoms with Crippen LogP contribution in [-0.4, -0.2) is 6.54 Å². The fourth-order valence-electron chi connectivity index (χ4n) is 3.96. The van der Waals surface area contributed by atoms with E-state index in [1.54, 1.807) is 0 Å². The number of benzene rings is 2. The maximum absolute atomic E-state index is 6.54. The molecular formula is C27H27ClN2+2. The zero-order valence-corrected chi connectivity index (χ0v) is 18.2. The Balaban J connectivity index is 1.62. The highest BCUT2D eigenvalue weighted by molar-refractivity contribution is 6.31. The molecule has 30 heavy (non-hydrogen) atoms. The monoisotopic (exact) mass is 414 g/mol. The van der Waals surface area contributed by atoms with E-state index >= 15 is 0 Å². The maximum Gasteiger partial charge on any atom is 0.213 e. The molecule has 150 valence electrons. The van der Waals surface area contributed by atoms with Crippen LogP contribution in [0.4, 0.5) is 5.69 Å². The zero-order chi connectivity index (χ0) is 20.9. The minimum absolute atomic E-state index is 0.704. The minimum Gasteiger partial charge on any atom is -0.276 e. The van der Waals surface area contributed by atoms with Crippen LogP contribution in [0.1, 0.15) is 25.0 Å². The van der Waals surface area contributed by atoms with E-state index in [1.807, 2.05) is 12.2 Å². The van der Waals surface area contributed by atoms with Gasteiger partial charge in [0.05, 0.1) is 18.1 Å². The number of quaternary nitrogens is 1. The molecule has 1 unspecified atom stereocenters. The van der Waals surface area contributed by atoms with Gasteiger partial charge in [-0.2, -0.15) is 4.57 Å². The van der Waals surface area contributed by atoms with Crippen molar-refractivity contribution in [3.63, 3.8) is 0 Å². The van der Waals surface area contributed by atoms with Gasteiger partial charge in [0, 0.05) is 28.8 Å². The summed E-state index contributed by atoms with van der Waals surface area (Å²) in [6, 6.07) is 19.2. The summed E-state index contributed by atoms with van der Waals surface area (Å²) in [5.41, 5.74) is 6.16. The van der Waals surface area contributed by atoms with Gasteiger partial charge in [-0.05, 0) is 55.3 Å². The van der Waals surface area contributed by atoms with Gasteiger partial charge >= 0.3 is 0 Å². The van der Waals surface area contributed by atoms with Gasteiger partial charge in [0.1, 0.15) is 12.2 Å². The number of hydrogen-bond acceptors (Lipinski definition) is 0. The second kappa shape index (κ2) is 9.25. The number of hydrogen-bond donors (Lipinski definition) is 1. The van der Waals surface area contributed by atoms with Crippen LogP contribution >= 0.6 is 11.6 Å². The Morgan fingerprint density at radius 2 is 1.83 bits per heavy atom. The third kappa shape index (κ3) is 4.16. The maximum atomic E-state index is 6.54. The normalized spacial score (nSPS) is 17.8. The van der Waals surface area contributed by atoms with Gasteiger partial charge in [-0.25, -0.2) is 0 Å². The van der Waals surface area contributed by atoms with Crippen LogP contribution in [0.5, 0.6) is 0 Å². The molecule has 0 aliphatic carbocycles. The fraction of sp³-hybridized carbons (Fsp3) is 0.148. The number of nitrogens with zero attached hydrogens (tertiary/aromatic N) is 1. The Morgan fingerprint density at radius 1 is 1.03 bits per heavy atom. The van der Waals surface area contributed by atoms with E-state index in [2.05, 4.69) is 104 Å². The van der Waals surface area contributed by atoms with Crippen molar-refractivity contribution in [2.45, 2.75) is 20.4 Å². The van der Waals surface area contributed by atoms with Crippen molar-refractivity contribution in [2.75, 3.05) is 6.54 Å². The molecule has 3 aromatic rings. The fourth-order valence-corrected chi connectivity index (χ4v) is 4.09. The molecule has 2 aromatic carbocycles. The molecule has 4 rings (SSSR count). The Morgan fingerprint density at radius 3 is 2.67 bits per heavy atom. The number of allylic oxidation sites excluding steroid dienone is 6. The predicted molar refractivity (Wildman–Crippen MR) is 128 cm³/mol. The molecule has 0 amide bonds. The number of fused-ring (bicyclic) bond motifs is 2. The number of aryl methyl sites for hydroxylation is 1. The summed E-state index contributed by atoms with van der Waals surface area (Å²) in [6.45, 7) is 6.34. The quantitative estimate of drug-likeness (QED) is 0.420. The summed E-state index contributed by atoms with van der Waals surface area (Å²) in [4.78, 5) is 1.37. The smallest absolute Gasteiger partial charge is 0.213 e. The van der Waals surface area contributed by atoms with Crippen molar-refractivity contribution in [3.05, 3.63) is 107 Å². The Kier molecular flexibility index (Phi) is 6.27. The van der Waals surface area contributed by atoms with Crippen LogP contribution in [0.15, 0.2) is 96.3 Å². The summed E-state index contributed by atoms with van der Waals surface area (Å²) >= 11 is 6.54. The van der Waals surface area contributed by atoms with Crippen molar-refractivity contribution in [2.24, 2.45) is 0 Å². The number of aromatic nitrogens is 1. The number of halogens is 1. The number of pyridine rings is 1. The van der Waals surface area contributed by atoms with Gasteiger partial charge < -0.3 is 0 Å². The first kappa shape index (κ1) is 20.3. The molecule has 3 heteroatoms. The first-order valence-corrected chi connectivity index (χ1v) is 10.9. The van der Waals surface area contributed by atoms with Crippen LogP contribution in [0.3, 0.4) is 0 Å². The minimum atomic E-state index is 0.704. The van der Waals surface area contributed by atoms with Crippen molar-refractivity contribution in [1.82, 2.24) is 0 Å². The molecule has 1 aromatic heterocycles. The highest BCUT2D eigenvalue weighted by atomic mass is 35.5. The number of nitrogens with one attached hydrogen (secondary N) is 1. The average Bonchev–Trinajstić information content (AvgIpc) is 2.80. The van der Waals surface area contributed by atoms with E-state index in [1.165, 1.54) is 38.2 Å². The van der Waals surface area contributed by atoms with E-state index < -0.39 is 0 Å². The van der Waals surface area contributed by atoms with E-state index in [9.17, 15) is 0 Å². The van der Waals surface area contributed by atoms with Gasteiger partial charge in [-0.15, -0.1) is 0 Å². The van der Waals surface area contributed by atoms with Gasteiger partial charge in [0.15, 0.2) is 6.20 Å². The Hall–Kier alpha value is -2.94. The molecule has 1 N–H and O–H groups in total. The van der Waals surface area contributed by atoms with Crippen molar-refractivity contribution in [1.29, 1.82) is 0 Å². The lowest BCUT2D eigenvalue weighted by molar-refractivity contribution is -0.773. The first-order valence-electron chi connectivity index (χ1n) is 10.5. The molecule has 1 aliphatic heterocycles. The second-order valence-corrected chi connectivity index (χ2v) is 7.78. The van der Waals surface area contributed by atoms with Crippen LogP contribution in [-0.2, 0) is 6.54 Å². The van der Waals surface area contributed by atoms with Crippen molar-refractivity contribution in [3.8, 4) is 0 Å². The molecule has 0 saturated heterocycles. The highest BCUT2D eigenvalue weighted by Gasteiger charge is 2.18. The third-order valence-corrected chi connectivity index (χ3v) is 5.82. The lowest BCUT2D eigenvalue weighted by Crippen LogP contribution is -3.02. The Labute approximate surface area is 183 Å². The van der Waals surface area contributed by atoms with Crippen molar-refractivity contribution >= 4 is 39.8 Å². The molecule has 1 aliphatic rings. The van der Waals surface area contributed by atoms with Crippen LogP contribution < -0.4 is 9.47 Å². The zero-order valence-electron chi connectivity index (χ0n) is 17.5. The van der Waals surface area contributed by atoms with Crippen LogP contribution in [0, 0.1) is 0 Å². The molecule has 0 bridgehead atoms. The van der Waals surface area contributed by atoms with Gasteiger partial charge in [0.2, 0.25) is 5.52 Å². The molecule has 0 radical (unpaired) electrons. The number of para-hydroxylation sites is 2. The average molecular weight is 415 g/mol. The third-order valence-electron chi connectivity index (χ3n) is 5.57. The standard InChI is InChI=1S/C27H26ClN2/c1-3-29-19-17-21(24-9-5-7-11-26(24)29)13-15-23(28)16-14-22-18-20-30(4-2)27-12-8-6-10-25(22)27/h5-20H,3-4H2,1-2H3/q+1/p+1. The highest BCUT2D eigenvalue weighted by Crippen LogP contribution is 2.25. The number of rotatable bonds is 5. The summed E-state index contributed by atoms with van der Waals surface area (Å²) in [5, 5.41) is 1.93. The van der Waals surface area contributed by atoms with Crippen molar-refractivity contribution < 1.29 is 9.47 Å². The molecule has 0 saturated carbocycles. The summed E-state index contributed by atoms with van der Waals surface area (Å²) < 4.78 is 2.25. The molecule has 0 spiro atoms. The Bertz CT molecular complexity index is 1180. The first-order chi connectivity index (χ1) is 14.7. The van der Waals surface area contributed by atoms with E-state index in [-0.39, 0.29) is 0 Å². The molecule has 2 nitrogen and oxygen atoms in total. The van der Waals surface area contributed by atoms with Crippen LogP contribution in [0.2, 0.25) is 0 Å². The van der Waals surface area contributed by atoms with Crippen LogP contribution in [0.25, 0.3) is 22.6 Å². The molecular weight excluding hydrogens is 388 g/mol. The second-order valence-electron chi connectivity index (χ2n) is 7.34. The molecule has 1 atom stereocenters. The van der Waals surface area contributed by atoms with E-state index in [4.69, 9.17) is 11.6 Å². The lowest BCUT2D eigenvalue weighted by atomic mass is 9.99. The van der Waals surface area contributed by atoms with E-state index in [0.717, 1.165) is 13.1 Å². The topological polar surface area (TPSA) is 8.32 Å². The predicted octanol–water partition coefficient (Wildman–Crippen LogP) is 5.43. The van der Waals surface area contributed by atoms with Gasteiger partial charge in [-0.3, -0.25) is 4.90 Å². The van der Waals surface area contributed by atoms with Gasteiger partial charge in [-0.1, -0.05) is 48.0 Å². The summed E-state index contributed by atoms with van der Waals surface area (Å²) in [7, 11) is 0. The lowest BCUT2D eigenvalue weighted by Gasteiger charge is -2.20. The summed E-state index contributed by atoms with van der Waals surface area (Å²) in [5.74, 6) is 0. The van der Waals surface area contributed by atoms with E-state index in [0.29, 0.717) is 5.03 Å². The molecule has 0 fully saturated rings. The largest absolute Gasteiger partial charge is 0.276 e. The summed E-state index contributed by atoms with van der Waals surface area (Å²) in [6.07, 6.45) is 14.7. The molecule has 2 heterocycles. The SMILES string of the molecule is CC[n+]1ccc(C=CC(Cl)=CC=C2C=C[NH+](CC)c3ccccc32)c2ccccc21.